The van der Waals surface area contributed by atoms with Crippen LogP contribution in [0, 0.1) is 0 Å². The number of hydrogen-bond acceptors (Lipinski definition) is 8. The lowest BCUT2D eigenvalue weighted by Gasteiger charge is -2.38. The molecule has 0 aliphatic carbocycles. The van der Waals surface area contributed by atoms with Crippen molar-refractivity contribution in [1.82, 2.24) is 39.2 Å². The largest absolute Gasteiger partial charge is 0.304 e. The van der Waals surface area contributed by atoms with Crippen LogP contribution in [0.3, 0.4) is 0 Å². The molecule has 12 heteroatoms. The van der Waals surface area contributed by atoms with E-state index in [4.69, 9.17) is 114 Å². The van der Waals surface area contributed by atoms with Crippen molar-refractivity contribution in [3.05, 3.63) is 283 Å². The molecule has 0 amide bonds. The summed E-state index contributed by atoms with van der Waals surface area (Å²) in [6.07, 6.45) is 0. The van der Waals surface area contributed by atoms with Gasteiger partial charge in [-0.3, -0.25) is 19.6 Å². The topological polar surface area (TPSA) is 25.9 Å². The van der Waals surface area contributed by atoms with Crippen LogP contribution in [0.15, 0.2) is 218 Å². The summed E-state index contributed by atoms with van der Waals surface area (Å²) in [5.41, 5.74) is -2.59. The Balaban J connectivity index is 0.000000204. The molecule has 4 saturated heterocycles. The summed E-state index contributed by atoms with van der Waals surface area (Å²) in [5.74, 6) is 0. The van der Waals surface area contributed by atoms with Gasteiger partial charge in [-0.25, -0.2) is 0 Å². The van der Waals surface area contributed by atoms with Crippen LogP contribution >= 0.6 is 46.4 Å². The number of halogens is 4. The fourth-order valence-electron chi connectivity index (χ4n) is 7.92. The van der Waals surface area contributed by atoms with Crippen LogP contribution in [-0.4, -0.2) is 171 Å². The van der Waals surface area contributed by atoms with Gasteiger partial charge in [0.15, 0.2) is 0 Å². The summed E-state index contributed by atoms with van der Waals surface area (Å²) >= 11 is 23.6. The van der Waals surface area contributed by atoms with Gasteiger partial charge in [-0.05, 0) is 121 Å². The summed E-state index contributed by atoms with van der Waals surface area (Å²) in [6.45, 7) is -51.8. The maximum Gasteiger partial charge on any atom is 0.0639 e. The van der Waals surface area contributed by atoms with E-state index in [-0.39, 0.29) is 85.1 Å². The monoisotopic (exact) mass is 1250 g/mol. The molecule has 84 heavy (non-hydrogen) atoms. The molecular weight excluding hydrogens is 1120 g/mol. The molecule has 4 aliphatic heterocycles. The third kappa shape index (κ3) is 18.3. The van der Waals surface area contributed by atoms with Crippen LogP contribution < -0.4 is 0 Å². The highest BCUT2D eigenvalue weighted by molar-refractivity contribution is 6.31. The molecule has 0 radical (unpaired) electrons. The standard InChI is InChI=1S/4C18H21ClN2/c4*1-20-11-13-21(14-12-20)18(15-5-3-2-4-6-15)16-7-9-17(19)10-8-16/h4*2-10,18H,11-14H2,1H3/i1D3,7D,8D,9D,10D,11D2,12D2,13D2,14D2,18D;7D,8D,9D,10D,11D2,12D2,13D2,14D2,18D;1D3,7D,8D,9D,10D,11D2,12D2,13D2,14D2;1D3,7D,8D,9D,10D,18D. The Hall–Kier alpha value is -5.40. The molecule has 8 nitrogen and oxygen atoms in total. The van der Waals surface area contributed by atoms with Crippen molar-refractivity contribution in [3.8, 4) is 0 Å². The minimum atomic E-state index is -3.82. The fourth-order valence-corrected chi connectivity index (χ4v) is 8.30. The van der Waals surface area contributed by atoms with E-state index in [0.29, 0.717) is 5.56 Å². The first-order chi connectivity index (χ1) is 61.5. The van der Waals surface area contributed by atoms with Gasteiger partial charge in [-0.15, -0.1) is 0 Å². The summed E-state index contributed by atoms with van der Waals surface area (Å²) in [4.78, 5) is 2.21. The number of hydrogen-bond donors (Lipinski definition) is 0. The van der Waals surface area contributed by atoms with Crippen LogP contribution in [0.2, 0.25) is 20.1 Å². The second kappa shape index (κ2) is 32.4. The zero-order chi connectivity index (χ0) is 104. The van der Waals surface area contributed by atoms with Crippen LogP contribution in [-0.2, 0) is 0 Å². The van der Waals surface area contributed by atoms with Crippen molar-refractivity contribution in [2.24, 2.45) is 0 Å². The Kier molecular flexibility index (Phi) is 9.49. The summed E-state index contributed by atoms with van der Waals surface area (Å²) in [7, 11) is 0.874. The van der Waals surface area contributed by atoms with Gasteiger partial charge in [0.2, 0.25) is 0 Å². The minimum absolute atomic E-state index is 0.0144. The molecule has 0 spiro atoms. The average Bonchev–Trinajstić information content (AvgIpc) is 0.666. The van der Waals surface area contributed by atoms with E-state index in [1.54, 1.807) is 41.3 Å². The quantitative estimate of drug-likeness (QED) is 0.119. The van der Waals surface area contributed by atoms with E-state index in [1.807, 2.05) is 0 Å². The molecule has 12 rings (SSSR count). The Morgan fingerprint density at radius 2 is 0.583 bits per heavy atom. The Morgan fingerprint density at radius 1 is 0.310 bits per heavy atom. The van der Waals surface area contributed by atoms with E-state index in [9.17, 15) is 4.11 Å². The molecule has 0 saturated carbocycles. The predicted molar refractivity (Wildman–Crippen MR) is 355 cm³/mol. The number of rotatable bonds is 12. The summed E-state index contributed by atoms with van der Waals surface area (Å²) < 4.78 is 433. The molecule has 440 valence electrons. The third-order valence-corrected chi connectivity index (χ3v) is 12.5. The summed E-state index contributed by atoms with van der Waals surface area (Å²) in [6, 6.07) is 7.84. The third-order valence-electron chi connectivity index (χ3n) is 11.7. The van der Waals surface area contributed by atoms with Crippen LogP contribution in [0.25, 0.3) is 0 Å². The molecule has 4 atom stereocenters. The molecule has 0 aromatic heterocycles. The second-order valence-electron chi connectivity index (χ2n) is 17.3. The number of nitrogens with zero attached hydrogens (tertiary/aromatic N) is 8. The van der Waals surface area contributed by atoms with Crippen molar-refractivity contribution in [3.63, 3.8) is 0 Å². The lowest BCUT2D eigenvalue weighted by molar-refractivity contribution is 0.127. The molecule has 0 N–H and O–H groups in total. The zero-order valence-corrected chi connectivity index (χ0v) is 47.1. The highest BCUT2D eigenvalue weighted by Crippen LogP contribution is 2.34. The fraction of sp³-hybridized carbons (Fsp3) is 0.333. The average molecular weight is 1260 g/mol. The molecule has 4 aliphatic rings. The van der Waals surface area contributed by atoms with Crippen molar-refractivity contribution in [1.29, 1.82) is 0 Å². The first kappa shape index (κ1) is 24.6. The van der Waals surface area contributed by atoms with E-state index in [1.165, 1.54) is 77.7 Å². The minimum Gasteiger partial charge on any atom is -0.304 e. The maximum atomic E-state index is 9.43. The van der Waals surface area contributed by atoms with Crippen LogP contribution in [0.1, 0.15) is 140 Å². The smallest absolute Gasteiger partial charge is 0.0639 e. The Bertz CT molecular complexity index is 5590. The Morgan fingerprint density at radius 3 is 0.905 bits per heavy atom. The van der Waals surface area contributed by atoms with Crippen molar-refractivity contribution >= 4 is 46.4 Å². The van der Waals surface area contributed by atoms with Crippen molar-refractivity contribution in [2.75, 3.05) is 132 Å². The van der Waals surface area contributed by atoms with E-state index in [2.05, 4.69) is 0 Å². The van der Waals surface area contributed by atoms with Gasteiger partial charge in [0.25, 0.3) is 0 Å². The van der Waals surface area contributed by atoms with Crippen LogP contribution in [0.5, 0.6) is 0 Å². The van der Waals surface area contributed by atoms with Gasteiger partial charge < -0.3 is 19.6 Å². The lowest BCUT2D eigenvalue weighted by atomic mass is 9.96. The normalized spacial score (nSPS) is 36.3. The highest BCUT2D eigenvalue weighted by atomic mass is 35.5. The SMILES string of the molecule is [2H]c1c([2H])c(C([2H])(c2ccccc2)N2C([2H])([2H])C([2H])([2H])N(C([2H])([2H])[2H])C([2H])([2H])C2([2H])[2H])c([2H])c([2H])c1Cl.[2H]c1c([2H])c(C([2H])(c2ccccc2)N2C([2H])([2H])C([2H])([2H])N(C)C([2H])([2H])C2([2H])[2H])c([2H])c([2H])c1Cl.[2H]c1c([2H])c(C([2H])(c2ccccc2)N2CCN(C([2H])([2H])[2H])CC2)c([2H])c([2H])c1Cl.[2H]c1c([2H])c(C(c2ccccc2)N2C([2H])([2H])C([2H])([2H])N(C([2H])([2H])[2H])C([2H])([2H])C2([2H])[2H])c([2H])c([2H])c1Cl. The molecule has 8 aromatic rings. The number of piperazine rings is 4. The Labute approximate surface area is 595 Å². The number of likely N-dealkylation sites (N-methyl/N-ethyl adjacent to an activating group) is 4. The molecular formula is C72H84Cl4N8. The lowest BCUT2D eigenvalue weighted by Crippen LogP contribution is -2.46. The molecule has 0 bridgehead atoms. The van der Waals surface area contributed by atoms with Gasteiger partial charge in [-0.2, -0.15) is 0 Å². The maximum absolute atomic E-state index is 9.43. The first-order valence-electron chi connectivity index (χ1n) is 51.0. The highest BCUT2D eigenvalue weighted by Gasteiger charge is 2.29. The zero-order valence-electron chi connectivity index (χ0n) is 96.0. The van der Waals surface area contributed by atoms with E-state index in [0.717, 1.165) is 19.2 Å². The van der Waals surface area contributed by atoms with E-state index < -0.39 is 249 Å². The summed E-state index contributed by atoms with van der Waals surface area (Å²) in [5, 5.41) is -2.04. The predicted octanol–water partition coefficient (Wildman–Crippen LogP) is 14.7. The van der Waals surface area contributed by atoms with Gasteiger partial charge in [0.05, 0.1) is 50.1 Å². The second-order valence-corrected chi connectivity index (χ2v) is 18.8. The van der Waals surface area contributed by atoms with Crippen molar-refractivity contribution in [2.45, 2.75) is 24.1 Å². The molecule has 4 fully saturated rings. The number of benzene rings is 8. The van der Waals surface area contributed by atoms with Crippen molar-refractivity contribution < 1.29 is 71.3 Å². The van der Waals surface area contributed by atoms with Gasteiger partial charge in [-0.1, -0.05) is 216 Å². The molecule has 8 aromatic carbocycles. The van der Waals surface area contributed by atoms with Gasteiger partial charge in [0.1, 0.15) is 0 Å². The van der Waals surface area contributed by atoms with E-state index >= 15 is 0 Å². The van der Waals surface area contributed by atoms with Gasteiger partial charge >= 0.3 is 0 Å². The molecule has 4 unspecified atom stereocenters. The molecule has 4 heterocycles. The van der Waals surface area contributed by atoms with Crippen LogP contribution in [0.4, 0.5) is 0 Å². The van der Waals surface area contributed by atoms with Gasteiger partial charge in [0, 0.05) is 169 Å². The first-order valence-corrected chi connectivity index (χ1v) is 26.5.